The summed E-state index contributed by atoms with van der Waals surface area (Å²) in [5.41, 5.74) is 1.07. The molecule has 2 rings (SSSR count). The summed E-state index contributed by atoms with van der Waals surface area (Å²) in [7, 11) is 0. The molecule has 1 aromatic carbocycles. The van der Waals surface area contributed by atoms with Gasteiger partial charge in [-0.25, -0.2) is 9.59 Å². The van der Waals surface area contributed by atoms with E-state index in [0.29, 0.717) is 32.8 Å². The second-order valence-corrected chi connectivity index (χ2v) is 5.25. The normalized spacial score (nSPS) is 16.1. The molecule has 0 aromatic heterocycles. The third-order valence-corrected chi connectivity index (χ3v) is 3.73. The van der Waals surface area contributed by atoms with E-state index in [4.69, 9.17) is 4.74 Å². The van der Waals surface area contributed by atoms with Crippen molar-refractivity contribution in [3.8, 4) is 0 Å². The Bertz CT molecular complexity index is 499. The van der Waals surface area contributed by atoms with Crippen LogP contribution < -0.4 is 5.32 Å². The van der Waals surface area contributed by atoms with Gasteiger partial charge in [0.25, 0.3) is 0 Å². The maximum absolute atomic E-state index is 12.3. The smallest absolute Gasteiger partial charge is 0.409 e. The number of hydrogen-bond acceptors (Lipinski definition) is 3. The minimum absolute atomic E-state index is 0.0446. The van der Waals surface area contributed by atoms with E-state index in [2.05, 4.69) is 5.32 Å². The number of nitrogens with one attached hydrogen (secondary N) is 1. The van der Waals surface area contributed by atoms with Crippen molar-refractivity contribution in [3.63, 3.8) is 0 Å². The largest absolute Gasteiger partial charge is 0.450 e. The summed E-state index contributed by atoms with van der Waals surface area (Å²) in [5.74, 6) is 0. The first kappa shape index (κ1) is 16.1. The van der Waals surface area contributed by atoms with Crippen molar-refractivity contribution in [2.45, 2.75) is 19.9 Å². The molecule has 0 bridgehead atoms. The number of rotatable bonds is 3. The van der Waals surface area contributed by atoms with E-state index in [-0.39, 0.29) is 18.2 Å². The van der Waals surface area contributed by atoms with Crippen molar-refractivity contribution in [2.75, 3.05) is 32.8 Å². The lowest BCUT2D eigenvalue weighted by atomic mass is 10.1. The van der Waals surface area contributed by atoms with Gasteiger partial charge in [0.05, 0.1) is 12.6 Å². The number of hydrogen-bond donors (Lipinski definition) is 1. The van der Waals surface area contributed by atoms with E-state index in [1.807, 2.05) is 37.3 Å². The lowest BCUT2D eigenvalue weighted by Gasteiger charge is -2.34. The van der Waals surface area contributed by atoms with Crippen molar-refractivity contribution in [2.24, 2.45) is 0 Å². The molecule has 3 amide bonds. The fraction of sp³-hybridized carbons (Fsp3) is 0.500. The van der Waals surface area contributed by atoms with Crippen molar-refractivity contribution in [1.29, 1.82) is 0 Å². The standard InChI is InChI=1S/C16H23N3O3/c1-3-22-16(21)19-11-9-18(10-12-19)15(20)17-13(2)14-7-5-4-6-8-14/h4-8,13H,3,9-12H2,1-2H3,(H,17,20). The SMILES string of the molecule is CCOC(=O)N1CCN(C(=O)NC(C)c2ccccc2)CC1. The van der Waals surface area contributed by atoms with E-state index in [9.17, 15) is 9.59 Å². The molecule has 1 aliphatic rings. The van der Waals surface area contributed by atoms with Gasteiger partial charge in [-0.3, -0.25) is 0 Å². The summed E-state index contributed by atoms with van der Waals surface area (Å²) < 4.78 is 4.97. The molecule has 6 nitrogen and oxygen atoms in total. The van der Waals surface area contributed by atoms with E-state index in [0.717, 1.165) is 5.56 Å². The Morgan fingerprint density at radius 2 is 1.73 bits per heavy atom. The number of benzene rings is 1. The first-order valence-electron chi connectivity index (χ1n) is 7.64. The van der Waals surface area contributed by atoms with E-state index < -0.39 is 0 Å². The average Bonchev–Trinajstić information content (AvgIpc) is 2.56. The van der Waals surface area contributed by atoms with E-state index >= 15 is 0 Å². The van der Waals surface area contributed by atoms with Crippen LogP contribution in [0.3, 0.4) is 0 Å². The summed E-state index contributed by atoms with van der Waals surface area (Å²) in [6.07, 6.45) is -0.305. The first-order valence-corrected chi connectivity index (χ1v) is 7.64. The van der Waals surface area contributed by atoms with Crippen LogP contribution in [0.25, 0.3) is 0 Å². The zero-order valence-electron chi connectivity index (χ0n) is 13.1. The molecule has 120 valence electrons. The molecule has 1 heterocycles. The minimum atomic E-state index is -0.305. The van der Waals surface area contributed by atoms with Crippen molar-refractivity contribution in [3.05, 3.63) is 35.9 Å². The molecule has 1 saturated heterocycles. The fourth-order valence-electron chi connectivity index (χ4n) is 2.41. The third kappa shape index (κ3) is 4.13. The van der Waals surface area contributed by atoms with Crippen molar-refractivity contribution in [1.82, 2.24) is 15.1 Å². The van der Waals surface area contributed by atoms with Crippen molar-refractivity contribution < 1.29 is 14.3 Å². The molecule has 1 N–H and O–H groups in total. The van der Waals surface area contributed by atoms with Crippen LogP contribution >= 0.6 is 0 Å². The number of carbonyl (C=O) groups excluding carboxylic acids is 2. The Morgan fingerprint density at radius 3 is 2.32 bits per heavy atom. The van der Waals surface area contributed by atoms with Gasteiger partial charge in [-0.15, -0.1) is 0 Å². The minimum Gasteiger partial charge on any atom is -0.450 e. The number of urea groups is 1. The second-order valence-electron chi connectivity index (χ2n) is 5.25. The Balaban J connectivity index is 1.81. The first-order chi connectivity index (χ1) is 10.6. The van der Waals surface area contributed by atoms with Gasteiger partial charge in [-0.2, -0.15) is 0 Å². The Hall–Kier alpha value is -2.24. The van der Waals surface area contributed by atoms with Gasteiger partial charge in [0.1, 0.15) is 0 Å². The van der Waals surface area contributed by atoms with E-state index in [1.165, 1.54) is 0 Å². The lowest BCUT2D eigenvalue weighted by Crippen LogP contribution is -2.53. The van der Waals surface area contributed by atoms with E-state index in [1.54, 1.807) is 16.7 Å². The van der Waals surface area contributed by atoms with Gasteiger partial charge in [0, 0.05) is 26.2 Å². The zero-order valence-corrected chi connectivity index (χ0v) is 13.1. The van der Waals surface area contributed by atoms with Gasteiger partial charge < -0.3 is 19.9 Å². The highest BCUT2D eigenvalue weighted by molar-refractivity contribution is 5.75. The summed E-state index contributed by atoms with van der Waals surface area (Å²) in [6.45, 7) is 6.17. The quantitative estimate of drug-likeness (QED) is 0.931. The molecule has 1 aromatic rings. The maximum Gasteiger partial charge on any atom is 0.409 e. The zero-order chi connectivity index (χ0) is 15.9. The van der Waals surface area contributed by atoms with Crippen LogP contribution in [-0.2, 0) is 4.74 Å². The Labute approximate surface area is 131 Å². The van der Waals surface area contributed by atoms with Crippen LogP contribution in [0.2, 0.25) is 0 Å². The highest BCUT2D eigenvalue weighted by Crippen LogP contribution is 2.12. The number of amides is 3. The second kappa shape index (κ2) is 7.68. The van der Waals surface area contributed by atoms with Crippen LogP contribution in [0.4, 0.5) is 9.59 Å². The van der Waals surface area contributed by atoms with Crippen LogP contribution in [-0.4, -0.2) is 54.7 Å². The van der Waals surface area contributed by atoms with Crippen molar-refractivity contribution >= 4 is 12.1 Å². The summed E-state index contributed by atoms with van der Waals surface area (Å²) in [6, 6.07) is 9.70. The highest BCUT2D eigenvalue weighted by Gasteiger charge is 2.25. The Morgan fingerprint density at radius 1 is 1.14 bits per heavy atom. The van der Waals surface area contributed by atoms with Crippen LogP contribution in [0.15, 0.2) is 30.3 Å². The highest BCUT2D eigenvalue weighted by atomic mass is 16.6. The molecule has 0 saturated carbocycles. The molecule has 0 spiro atoms. The average molecular weight is 305 g/mol. The molecule has 0 aliphatic carbocycles. The molecule has 0 radical (unpaired) electrons. The number of nitrogens with zero attached hydrogens (tertiary/aromatic N) is 2. The predicted molar refractivity (Wildman–Crippen MR) is 83.6 cm³/mol. The molecule has 22 heavy (non-hydrogen) atoms. The number of piperazine rings is 1. The summed E-state index contributed by atoms with van der Waals surface area (Å²) >= 11 is 0. The van der Waals surface area contributed by atoms with Crippen LogP contribution in [0, 0.1) is 0 Å². The van der Waals surface area contributed by atoms with Crippen LogP contribution in [0.1, 0.15) is 25.5 Å². The molecule has 1 fully saturated rings. The monoisotopic (exact) mass is 305 g/mol. The van der Waals surface area contributed by atoms with Gasteiger partial charge >= 0.3 is 12.1 Å². The van der Waals surface area contributed by atoms with Gasteiger partial charge in [0.2, 0.25) is 0 Å². The summed E-state index contributed by atoms with van der Waals surface area (Å²) in [4.78, 5) is 27.3. The fourth-order valence-corrected chi connectivity index (χ4v) is 2.41. The van der Waals surface area contributed by atoms with Crippen LogP contribution in [0.5, 0.6) is 0 Å². The molecule has 1 unspecified atom stereocenters. The number of carbonyl (C=O) groups is 2. The lowest BCUT2D eigenvalue weighted by molar-refractivity contribution is 0.0848. The predicted octanol–water partition coefficient (Wildman–Crippen LogP) is 2.23. The Kier molecular flexibility index (Phi) is 5.63. The third-order valence-electron chi connectivity index (χ3n) is 3.73. The van der Waals surface area contributed by atoms with Gasteiger partial charge in [-0.05, 0) is 19.4 Å². The van der Waals surface area contributed by atoms with Gasteiger partial charge in [0.15, 0.2) is 0 Å². The topological polar surface area (TPSA) is 61.9 Å². The molecule has 6 heteroatoms. The van der Waals surface area contributed by atoms with Gasteiger partial charge in [-0.1, -0.05) is 30.3 Å². The molecular weight excluding hydrogens is 282 g/mol. The molecular formula is C16H23N3O3. The summed E-state index contributed by atoms with van der Waals surface area (Å²) in [5, 5.41) is 2.99. The number of ether oxygens (including phenoxy) is 1. The maximum atomic E-state index is 12.3. The molecule has 1 atom stereocenters. The molecule has 1 aliphatic heterocycles.